The van der Waals surface area contributed by atoms with Crippen LogP contribution in [0.15, 0.2) is 59.8 Å². The Morgan fingerprint density at radius 1 is 1.09 bits per heavy atom. The maximum atomic E-state index is 12.9. The van der Waals surface area contributed by atoms with Crippen molar-refractivity contribution in [2.24, 2.45) is 0 Å². The van der Waals surface area contributed by atoms with Gasteiger partial charge in [-0.05, 0) is 62.7 Å². The van der Waals surface area contributed by atoms with Gasteiger partial charge in [-0.1, -0.05) is 12.1 Å². The fourth-order valence-electron chi connectivity index (χ4n) is 3.73. The van der Waals surface area contributed by atoms with Gasteiger partial charge in [0.2, 0.25) is 5.95 Å². The van der Waals surface area contributed by atoms with E-state index >= 15 is 0 Å². The van der Waals surface area contributed by atoms with Gasteiger partial charge < -0.3 is 19.5 Å². The lowest BCUT2D eigenvalue weighted by atomic mass is 9.95. The molecular formula is C24H26N4O4. The molecule has 0 bridgehead atoms. The highest BCUT2D eigenvalue weighted by Crippen LogP contribution is 2.37. The van der Waals surface area contributed by atoms with Crippen LogP contribution in [-0.4, -0.2) is 41.1 Å². The molecular weight excluding hydrogens is 408 g/mol. The molecule has 0 radical (unpaired) electrons. The third kappa shape index (κ3) is 4.03. The molecule has 0 aliphatic carbocycles. The predicted molar refractivity (Wildman–Crippen MR) is 121 cm³/mol. The van der Waals surface area contributed by atoms with Gasteiger partial charge in [0.05, 0.1) is 25.9 Å². The van der Waals surface area contributed by atoms with Gasteiger partial charge in [0.25, 0.3) is 0 Å². The maximum absolute atomic E-state index is 12.9. The summed E-state index contributed by atoms with van der Waals surface area (Å²) in [7, 11) is 1.61. The number of aromatic nitrogens is 3. The summed E-state index contributed by atoms with van der Waals surface area (Å²) in [6, 6.07) is 14.7. The van der Waals surface area contributed by atoms with Crippen molar-refractivity contribution in [1.29, 1.82) is 0 Å². The average Bonchev–Trinajstić information content (AvgIpc) is 3.22. The zero-order valence-electron chi connectivity index (χ0n) is 18.6. The van der Waals surface area contributed by atoms with Crippen LogP contribution in [0.25, 0.3) is 11.4 Å². The summed E-state index contributed by atoms with van der Waals surface area (Å²) in [6.45, 7) is 6.45. The smallest absolute Gasteiger partial charge is 0.338 e. The Balaban J connectivity index is 1.80. The molecule has 4 rings (SSSR count). The van der Waals surface area contributed by atoms with Gasteiger partial charge in [-0.15, -0.1) is 5.10 Å². The Bertz CT molecular complexity index is 1150. The van der Waals surface area contributed by atoms with Crippen molar-refractivity contribution in [3.8, 4) is 22.9 Å². The summed E-state index contributed by atoms with van der Waals surface area (Å²) < 4.78 is 18.0. The van der Waals surface area contributed by atoms with Gasteiger partial charge in [-0.2, -0.15) is 4.98 Å². The molecule has 0 amide bonds. The van der Waals surface area contributed by atoms with E-state index in [9.17, 15) is 4.79 Å². The first-order valence-corrected chi connectivity index (χ1v) is 10.5. The molecule has 1 aromatic heterocycles. The summed E-state index contributed by atoms with van der Waals surface area (Å²) in [5.41, 5.74) is 2.85. The highest BCUT2D eigenvalue weighted by atomic mass is 16.5. The van der Waals surface area contributed by atoms with Crippen LogP contribution < -0.4 is 14.8 Å². The Hall–Kier alpha value is -3.81. The molecule has 1 aliphatic rings. The number of nitrogens with zero attached hydrogens (tertiary/aromatic N) is 3. The number of fused-ring (bicyclic) bond motifs is 1. The molecule has 0 spiro atoms. The SMILES string of the molecule is CCOC(=O)C1=C(C)Nc2nc(-c3ccc(OCC)cc3)nn2C1c1cccc(OC)c1. The second-order valence-corrected chi connectivity index (χ2v) is 7.22. The number of nitrogens with one attached hydrogen (secondary N) is 1. The van der Waals surface area contributed by atoms with Gasteiger partial charge >= 0.3 is 5.97 Å². The molecule has 8 heteroatoms. The number of methoxy groups -OCH3 is 1. The highest BCUT2D eigenvalue weighted by molar-refractivity contribution is 5.92. The van der Waals surface area contributed by atoms with E-state index in [1.165, 1.54) is 0 Å². The average molecular weight is 434 g/mol. The molecule has 1 aliphatic heterocycles. The van der Waals surface area contributed by atoms with Crippen molar-refractivity contribution in [3.05, 3.63) is 65.4 Å². The van der Waals surface area contributed by atoms with Gasteiger partial charge in [0.15, 0.2) is 5.82 Å². The number of ether oxygens (including phenoxy) is 3. The summed E-state index contributed by atoms with van der Waals surface area (Å²) in [5.74, 6) is 2.17. The lowest BCUT2D eigenvalue weighted by molar-refractivity contribution is -0.139. The lowest BCUT2D eigenvalue weighted by Gasteiger charge is -2.28. The number of carbonyl (C=O) groups excluding carboxylic acids is 1. The normalized spacial score (nSPS) is 15.1. The fraction of sp³-hybridized carbons (Fsp3) is 0.292. The summed E-state index contributed by atoms with van der Waals surface area (Å²) in [4.78, 5) is 17.6. The number of benzene rings is 2. The van der Waals surface area contributed by atoms with E-state index in [1.807, 2.05) is 62.4 Å². The molecule has 3 aromatic rings. The van der Waals surface area contributed by atoms with E-state index in [0.717, 1.165) is 16.9 Å². The summed E-state index contributed by atoms with van der Waals surface area (Å²) in [5, 5.41) is 7.97. The fourth-order valence-corrected chi connectivity index (χ4v) is 3.73. The van der Waals surface area contributed by atoms with E-state index in [0.29, 0.717) is 35.4 Å². The molecule has 0 saturated heterocycles. The lowest BCUT2D eigenvalue weighted by Crippen LogP contribution is -2.29. The van der Waals surface area contributed by atoms with Crippen molar-refractivity contribution >= 4 is 11.9 Å². The van der Waals surface area contributed by atoms with Crippen LogP contribution in [-0.2, 0) is 9.53 Å². The summed E-state index contributed by atoms with van der Waals surface area (Å²) >= 11 is 0. The minimum Gasteiger partial charge on any atom is -0.497 e. The van der Waals surface area contributed by atoms with Crippen molar-refractivity contribution in [1.82, 2.24) is 14.8 Å². The number of anilines is 1. The molecule has 1 N–H and O–H groups in total. The van der Waals surface area contributed by atoms with E-state index in [-0.39, 0.29) is 6.61 Å². The minimum atomic E-state index is -0.510. The maximum Gasteiger partial charge on any atom is 0.338 e. The Kier molecular flexibility index (Phi) is 6.11. The standard InChI is InChI=1S/C24H26N4O4/c1-5-31-18-12-10-16(11-13-18)22-26-24-25-15(3)20(23(29)32-6-2)21(28(24)27-22)17-8-7-9-19(14-17)30-4/h7-14,21H,5-6H2,1-4H3,(H,25,26,27). The van der Waals surface area contributed by atoms with E-state index in [1.54, 1.807) is 18.7 Å². The van der Waals surface area contributed by atoms with Gasteiger partial charge in [0.1, 0.15) is 17.5 Å². The number of hydrogen-bond acceptors (Lipinski definition) is 7. The number of hydrogen-bond donors (Lipinski definition) is 1. The molecule has 32 heavy (non-hydrogen) atoms. The van der Waals surface area contributed by atoms with Crippen molar-refractivity contribution in [3.63, 3.8) is 0 Å². The molecule has 2 aromatic carbocycles. The Labute approximate surface area is 186 Å². The monoisotopic (exact) mass is 434 g/mol. The van der Waals surface area contributed by atoms with Crippen molar-refractivity contribution in [2.45, 2.75) is 26.8 Å². The van der Waals surface area contributed by atoms with Crippen molar-refractivity contribution < 1.29 is 19.0 Å². The zero-order valence-corrected chi connectivity index (χ0v) is 18.6. The first-order chi connectivity index (χ1) is 15.5. The van der Waals surface area contributed by atoms with E-state index < -0.39 is 12.0 Å². The van der Waals surface area contributed by atoms with Gasteiger partial charge in [-0.3, -0.25) is 0 Å². The number of allylic oxidation sites excluding steroid dienone is 1. The second-order valence-electron chi connectivity index (χ2n) is 7.22. The van der Waals surface area contributed by atoms with Crippen LogP contribution >= 0.6 is 0 Å². The highest BCUT2D eigenvalue weighted by Gasteiger charge is 2.35. The number of carbonyl (C=O) groups is 1. The molecule has 1 atom stereocenters. The molecule has 2 heterocycles. The van der Waals surface area contributed by atoms with Crippen LogP contribution in [0.1, 0.15) is 32.4 Å². The number of esters is 1. The molecule has 1 unspecified atom stereocenters. The van der Waals surface area contributed by atoms with Crippen molar-refractivity contribution in [2.75, 3.05) is 25.6 Å². The molecule has 8 nitrogen and oxygen atoms in total. The van der Waals surface area contributed by atoms with Gasteiger partial charge in [-0.25, -0.2) is 9.48 Å². The number of rotatable bonds is 7. The third-order valence-electron chi connectivity index (χ3n) is 5.18. The first-order valence-electron chi connectivity index (χ1n) is 10.5. The third-order valence-corrected chi connectivity index (χ3v) is 5.18. The van der Waals surface area contributed by atoms with Crippen LogP contribution in [0.4, 0.5) is 5.95 Å². The van der Waals surface area contributed by atoms with E-state index in [2.05, 4.69) is 10.3 Å². The van der Waals surface area contributed by atoms with Crippen LogP contribution in [0.2, 0.25) is 0 Å². The molecule has 0 saturated carbocycles. The quantitative estimate of drug-likeness (QED) is 0.558. The predicted octanol–water partition coefficient (Wildman–Crippen LogP) is 4.20. The van der Waals surface area contributed by atoms with Crippen LogP contribution in [0.5, 0.6) is 11.5 Å². The van der Waals surface area contributed by atoms with Crippen LogP contribution in [0.3, 0.4) is 0 Å². The zero-order chi connectivity index (χ0) is 22.7. The minimum absolute atomic E-state index is 0.280. The second kappa shape index (κ2) is 9.13. The summed E-state index contributed by atoms with van der Waals surface area (Å²) in [6.07, 6.45) is 0. The molecule has 166 valence electrons. The van der Waals surface area contributed by atoms with Gasteiger partial charge in [0, 0.05) is 11.3 Å². The Morgan fingerprint density at radius 2 is 1.88 bits per heavy atom. The first kappa shape index (κ1) is 21.4. The van der Waals surface area contributed by atoms with Crippen LogP contribution in [0, 0.1) is 0 Å². The Morgan fingerprint density at radius 3 is 2.56 bits per heavy atom. The van der Waals surface area contributed by atoms with E-state index in [4.69, 9.17) is 19.3 Å². The molecule has 0 fully saturated rings. The largest absolute Gasteiger partial charge is 0.497 e. The topological polar surface area (TPSA) is 87.5 Å².